The lowest BCUT2D eigenvalue weighted by molar-refractivity contribution is 0.624. The summed E-state index contributed by atoms with van der Waals surface area (Å²) in [5.74, 6) is -0.531. The van der Waals surface area contributed by atoms with Crippen molar-refractivity contribution in [3.8, 4) is 6.07 Å². The van der Waals surface area contributed by atoms with E-state index in [0.717, 1.165) is 0 Å². The highest BCUT2D eigenvalue weighted by atomic mass is 19.1. The number of benzene rings is 1. The van der Waals surface area contributed by atoms with Crippen LogP contribution in [-0.4, -0.2) is 0 Å². The number of halogens is 1. The Balaban J connectivity index is 3.25. The Morgan fingerprint density at radius 2 is 2.20 bits per heavy atom. The Morgan fingerprint density at radius 3 is 2.70 bits per heavy atom. The summed E-state index contributed by atoms with van der Waals surface area (Å²) in [5.41, 5.74) is 5.67. The largest absolute Gasteiger partial charge is 0.399 e. The topological polar surface area (TPSA) is 49.8 Å². The molecule has 0 aliphatic heterocycles. The molecule has 0 bridgehead atoms. The van der Waals surface area contributed by atoms with Gasteiger partial charge in [-0.05, 0) is 18.2 Å². The summed E-state index contributed by atoms with van der Waals surface area (Å²) in [6.07, 6.45) is 0. The first-order valence-electron chi connectivity index (χ1n) is 2.69. The van der Waals surface area contributed by atoms with Gasteiger partial charge in [-0.1, -0.05) is 0 Å². The Hall–Kier alpha value is -1.56. The van der Waals surface area contributed by atoms with Crippen molar-refractivity contribution in [3.63, 3.8) is 0 Å². The molecule has 0 aromatic heterocycles. The maximum Gasteiger partial charge on any atom is 0.141 e. The molecular weight excluding hydrogens is 131 g/mol. The Kier molecular flexibility index (Phi) is 1.55. The molecule has 1 rings (SSSR count). The van der Waals surface area contributed by atoms with Gasteiger partial charge in [-0.25, -0.2) is 4.39 Å². The van der Waals surface area contributed by atoms with E-state index in [1.807, 2.05) is 0 Å². The number of hydrogen-bond acceptors (Lipinski definition) is 2. The average Bonchev–Trinajstić information content (AvgIpc) is 1.94. The molecule has 1 aromatic carbocycles. The van der Waals surface area contributed by atoms with Gasteiger partial charge in [-0.3, -0.25) is 0 Å². The van der Waals surface area contributed by atoms with Crippen molar-refractivity contribution in [1.82, 2.24) is 0 Å². The number of nitrogens with zero attached hydrogens (tertiary/aromatic N) is 1. The van der Waals surface area contributed by atoms with Crippen LogP contribution in [0.15, 0.2) is 18.2 Å². The van der Waals surface area contributed by atoms with Crippen molar-refractivity contribution >= 4 is 5.69 Å². The maximum absolute atomic E-state index is 12.5. The van der Waals surface area contributed by atoms with Crippen molar-refractivity contribution in [3.05, 3.63) is 29.6 Å². The highest BCUT2D eigenvalue weighted by Crippen LogP contribution is 2.09. The monoisotopic (exact) mass is 136 g/mol. The molecule has 3 heteroatoms. The summed E-state index contributed by atoms with van der Waals surface area (Å²) >= 11 is 0. The van der Waals surface area contributed by atoms with Gasteiger partial charge >= 0.3 is 0 Å². The van der Waals surface area contributed by atoms with E-state index in [0.29, 0.717) is 5.69 Å². The molecule has 2 nitrogen and oxygen atoms in total. The number of nitrogens with two attached hydrogens (primary N) is 1. The maximum atomic E-state index is 12.5. The van der Waals surface area contributed by atoms with E-state index in [9.17, 15) is 4.39 Å². The van der Waals surface area contributed by atoms with Gasteiger partial charge in [0.1, 0.15) is 11.9 Å². The van der Waals surface area contributed by atoms with E-state index in [1.165, 1.54) is 18.2 Å². The van der Waals surface area contributed by atoms with Crippen LogP contribution in [0.25, 0.3) is 0 Å². The van der Waals surface area contributed by atoms with Gasteiger partial charge in [-0.15, -0.1) is 0 Å². The van der Waals surface area contributed by atoms with Crippen molar-refractivity contribution < 1.29 is 4.39 Å². The molecule has 0 amide bonds. The Bertz CT molecular complexity index is 288. The second-order valence-corrected chi connectivity index (χ2v) is 1.85. The molecule has 0 heterocycles. The SMILES string of the molecule is N#Cc1cc(N)ccc1F. The van der Waals surface area contributed by atoms with Gasteiger partial charge in [0.25, 0.3) is 0 Å². The number of nitrogen functional groups attached to an aromatic ring is 1. The lowest BCUT2D eigenvalue weighted by Crippen LogP contribution is -1.88. The number of hydrogen-bond donors (Lipinski definition) is 1. The van der Waals surface area contributed by atoms with E-state index in [1.54, 1.807) is 6.07 Å². The van der Waals surface area contributed by atoms with Crippen LogP contribution in [0, 0.1) is 17.1 Å². The van der Waals surface area contributed by atoms with Gasteiger partial charge in [0, 0.05) is 5.69 Å². The molecule has 0 saturated carbocycles. The molecule has 0 aliphatic carbocycles. The van der Waals surface area contributed by atoms with Crippen LogP contribution in [0.3, 0.4) is 0 Å². The number of rotatable bonds is 0. The fraction of sp³-hybridized carbons (Fsp3) is 0. The summed E-state index contributed by atoms with van der Waals surface area (Å²) in [4.78, 5) is 0. The number of anilines is 1. The normalized spacial score (nSPS) is 8.80. The highest BCUT2D eigenvalue weighted by molar-refractivity contribution is 5.45. The zero-order valence-corrected chi connectivity index (χ0v) is 5.13. The molecular formula is C7H5FN2. The standard InChI is InChI=1S/C7H5FN2/c8-7-2-1-6(10)3-5(7)4-9/h1-3H,10H2. The number of nitriles is 1. The summed E-state index contributed by atoms with van der Waals surface area (Å²) < 4.78 is 12.5. The van der Waals surface area contributed by atoms with Crippen LogP contribution in [0.4, 0.5) is 10.1 Å². The smallest absolute Gasteiger partial charge is 0.141 e. The molecule has 1 aromatic rings. The van der Waals surface area contributed by atoms with Crippen LogP contribution in [-0.2, 0) is 0 Å². The van der Waals surface area contributed by atoms with Gasteiger partial charge in [0.2, 0.25) is 0 Å². The molecule has 0 aliphatic rings. The lowest BCUT2D eigenvalue weighted by Gasteiger charge is -1.93. The van der Waals surface area contributed by atoms with Crippen molar-refractivity contribution in [1.29, 1.82) is 5.26 Å². The van der Waals surface area contributed by atoms with Gasteiger partial charge in [0.05, 0.1) is 5.56 Å². The van der Waals surface area contributed by atoms with Gasteiger partial charge < -0.3 is 5.73 Å². The van der Waals surface area contributed by atoms with E-state index < -0.39 is 5.82 Å². The summed E-state index contributed by atoms with van der Waals surface area (Å²) in [7, 11) is 0. The zero-order valence-electron chi connectivity index (χ0n) is 5.13. The first-order valence-corrected chi connectivity index (χ1v) is 2.69. The van der Waals surface area contributed by atoms with E-state index >= 15 is 0 Å². The van der Waals surface area contributed by atoms with Gasteiger partial charge in [0.15, 0.2) is 0 Å². The molecule has 0 unspecified atom stereocenters. The van der Waals surface area contributed by atoms with E-state index in [4.69, 9.17) is 11.0 Å². The third-order valence-corrected chi connectivity index (χ3v) is 1.11. The van der Waals surface area contributed by atoms with Crippen LogP contribution in [0.2, 0.25) is 0 Å². The minimum atomic E-state index is -0.531. The van der Waals surface area contributed by atoms with Crippen LogP contribution < -0.4 is 5.73 Å². The molecule has 10 heavy (non-hydrogen) atoms. The predicted octanol–water partition coefficient (Wildman–Crippen LogP) is 1.28. The Morgan fingerprint density at radius 1 is 1.50 bits per heavy atom. The first-order chi connectivity index (χ1) is 4.74. The third-order valence-electron chi connectivity index (χ3n) is 1.11. The second-order valence-electron chi connectivity index (χ2n) is 1.85. The van der Waals surface area contributed by atoms with E-state index in [-0.39, 0.29) is 5.56 Å². The van der Waals surface area contributed by atoms with Crippen LogP contribution in [0.5, 0.6) is 0 Å². The minimum absolute atomic E-state index is 0.0139. The summed E-state index contributed by atoms with van der Waals surface area (Å²) in [6.45, 7) is 0. The van der Waals surface area contributed by atoms with Gasteiger partial charge in [-0.2, -0.15) is 5.26 Å². The van der Waals surface area contributed by atoms with E-state index in [2.05, 4.69) is 0 Å². The average molecular weight is 136 g/mol. The second kappa shape index (κ2) is 2.36. The molecule has 0 fully saturated rings. The fourth-order valence-electron chi connectivity index (χ4n) is 0.629. The summed E-state index contributed by atoms with van der Waals surface area (Å²) in [5, 5.41) is 8.30. The Labute approximate surface area is 57.7 Å². The molecule has 0 saturated heterocycles. The quantitative estimate of drug-likeness (QED) is 0.546. The molecule has 50 valence electrons. The van der Waals surface area contributed by atoms with Crippen molar-refractivity contribution in [2.45, 2.75) is 0 Å². The predicted molar refractivity (Wildman–Crippen MR) is 35.5 cm³/mol. The van der Waals surface area contributed by atoms with Crippen molar-refractivity contribution in [2.24, 2.45) is 0 Å². The molecule has 0 radical (unpaired) electrons. The van der Waals surface area contributed by atoms with Crippen molar-refractivity contribution in [2.75, 3.05) is 5.73 Å². The summed E-state index contributed by atoms with van der Waals surface area (Å²) in [6, 6.07) is 5.57. The highest BCUT2D eigenvalue weighted by Gasteiger charge is 1.98. The lowest BCUT2D eigenvalue weighted by atomic mass is 10.2. The fourth-order valence-corrected chi connectivity index (χ4v) is 0.629. The molecule has 2 N–H and O–H groups in total. The molecule has 0 spiro atoms. The van der Waals surface area contributed by atoms with Crippen LogP contribution >= 0.6 is 0 Å². The minimum Gasteiger partial charge on any atom is -0.399 e. The first kappa shape index (κ1) is 6.56. The third kappa shape index (κ3) is 1.06. The zero-order chi connectivity index (χ0) is 7.56. The van der Waals surface area contributed by atoms with Crippen LogP contribution in [0.1, 0.15) is 5.56 Å². The molecule has 0 atom stereocenters.